The molecule has 0 unspecified atom stereocenters. The molecule has 0 aromatic rings. The van der Waals surface area contributed by atoms with Gasteiger partial charge in [0.2, 0.25) is 0 Å². The van der Waals surface area contributed by atoms with Crippen LogP contribution in [0.15, 0.2) is 24.3 Å². The number of allylic oxidation sites excluding steroid dienone is 3. The van der Waals surface area contributed by atoms with E-state index in [9.17, 15) is 0 Å². The molecule has 0 radical (unpaired) electrons. The molecule has 0 aliphatic carbocycles. The lowest BCUT2D eigenvalue weighted by Gasteiger charge is -2.00. The zero-order chi connectivity index (χ0) is 6.57. The topological polar surface area (TPSA) is 0 Å². The molecule has 0 heteroatoms. The molecule has 0 atom stereocenters. The Morgan fingerprint density at radius 2 is 2.00 bits per heavy atom. The van der Waals surface area contributed by atoms with Gasteiger partial charge in [0.1, 0.15) is 0 Å². The summed E-state index contributed by atoms with van der Waals surface area (Å²) in [5.41, 5.74) is 1.39. The van der Waals surface area contributed by atoms with Crippen molar-refractivity contribution < 1.29 is 0 Å². The Morgan fingerprint density at radius 3 is 2.12 bits per heavy atom. The average Bonchev–Trinajstić information content (AvgIpc) is 1.67. The van der Waals surface area contributed by atoms with E-state index < -0.39 is 0 Å². The molecular formula is C8H14. The van der Waals surface area contributed by atoms with Crippen molar-refractivity contribution in [2.75, 3.05) is 0 Å². The average molecular weight is 110 g/mol. The van der Waals surface area contributed by atoms with Crippen molar-refractivity contribution in [3.63, 3.8) is 0 Å². The van der Waals surface area contributed by atoms with Crippen molar-refractivity contribution in [1.82, 2.24) is 0 Å². The molecule has 46 valence electrons. The second-order valence-electron chi connectivity index (χ2n) is 2.30. The zero-order valence-electron chi connectivity index (χ0n) is 5.94. The predicted octanol–water partition coefficient (Wildman–Crippen LogP) is 2.77. The van der Waals surface area contributed by atoms with E-state index in [1.807, 2.05) is 12.2 Å². The Labute approximate surface area is 51.9 Å². The molecule has 0 rings (SSSR count). The van der Waals surface area contributed by atoms with E-state index in [2.05, 4.69) is 27.4 Å². The molecule has 0 heterocycles. The van der Waals surface area contributed by atoms with Gasteiger partial charge in [-0.3, -0.25) is 0 Å². The van der Waals surface area contributed by atoms with E-state index in [-0.39, 0.29) is 0 Å². The minimum absolute atomic E-state index is 0.660. The smallest absolute Gasteiger partial charge is 0.0260 e. The fourth-order valence-corrected chi connectivity index (χ4v) is 0.378. The van der Waals surface area contributed by atoms with Crippen molar-refractivity contribution in [3.05, 3.63) is 24.3 Å². The van der Waals surface area contributed by atoms with E-state index in [1.54, 1.807) is 0 Å². The van der Waals surface area contributed by atoms with E-state index in [0.29, 0.717) is 5.92 Å². The van der Waals surface area contributed by atoms with Gasteiger partial charge in [-0.05, 0) is 12.8 Å². The summed E-state index contributed by atoms with van der Waals surface area (Å²) in [4.78, 5) is 0. The molecule has 0 nitrogen and oxygen atoms in total. The van der Waals surface area contributed by atoms with Crippen molar-refractivity contribution in [3.8, 4) is 0 Å². The van der Waals surface area contributed by atoms with Crippen molar-refractivity contribution >= 4 is 0 Å². The molecule has 0 aliphatic heterocycles. The summed E-state index contributed by atoms with van der Waals surface area (Å²) in [7, 11) is 0. The summed E-state index contributed by atoms with van der Waals surface area (Å²) in [5, 5.41) is 0. The standard InChI is InChI=1S/C8H14/c1-5-6-8(4)7(2)3/h5-7H,1H2,2-4H3. The van der Waals surface area contributed by atoms with Crippen LogP contribution in [0, 0.1) is 5.92 Å². The van der Waals surface area contributed by atoms with E-state index in [0.717, 1.165) is 0 Å². The zero-order valence-corrected chi connectivity index (χ0v) is 5.94. The van der Waals surface area contributed by atoms with Gasteiger partial charge >= 0.3 is 0 Å². The van der Waals surface area contributed by atoms with Crippen molar-refractivity contribution in [1.29, 1.82) is 0 Å². The van der Waals surface area contributed by atoms with Crippen LogP contribution in [0.3, 0.4) is 0 Å². The molecule has 0 aromatic carbocycles. The molecule has 0 aromatic heterocycles. The summed E-state index contributed by atoms with van der Waals surface area (Å²) < 4.78 is 0. The lowest BCUT2D eigenvalue weighted by molar-refractivity contribution is 0.769. The van der Waals surface area contributed by atoms with Crippen LogP contribution in [0.2, 0.25) is 0 Å². The van der Waals surface area contributed by atoms with Gasteiger partial charge in [0.05, 0.1) is 0 Å². The van der Waals surface area contributed by atoms with Gasteiger partial charge in [0.25, 0.3) is 0 Å². The van der Waals surface area contributed by atoms with Crippen LogP contribution in [0.1, 0.15) is 20.8 Å². The number of hydrogen-bond acceptors (Lipinski definition) is 0. The highest BCUT2D eigenvalue weighted by Gasteiger charge is 1.91. The third kappa shape index (κ3) is 2.62. The van der Waals surface area contributed by atoms with Crippen LogP contribution in [0.5, 0.6) is 0 Å². The van der Waals surface area contributed by atoms with Crippen LogP contribution in [-0.2, 0) is 0 Å². The Balaban J connectivity index is 3.78. The third-order valence-corrected chi connectivity index (χ3v) is 1.29. The van der Waals surface area contributed by atoms with Crippen LogP contribution >= 0.6 is 0 Å². The molecule has 0 N–H and O–H groups in total. The summed E-state index contributed by atoms with van der Waals surface area (Å²) >= 11 is 0. The second kappa shape index (κ2) is 3.48. The maximum atomic E-state index is 3.61. The minimum atomic E-state index is 0.660. The third-order valence-electron chi connectivity index (χ3n) is 1.29. The molecule has 0 bridgehead atoms. The monoisotopic (exact) mass is 110 g/mol. The van der Waals surface area contributed by atoms with Crippen molar-refractivity contribution in [2.45, 2.75) is 20.8 Å². The Hall–Kier alpha value is -0.520. The van der Waals surface area contributed by atoms with Crippen LogP contribution in [-0.4, -0.2) is 0 Å². The molecule has 0 fully saturated rings. The fraction of sp³-hybridized carbons (Fsp3) is 0.500. The largest absolute Gasteiger partial charge is 0.0991 e. The van der Waals surface area contributed by atoms with Crippen LogP contribution in [0.4, 0.5) is 0 Å². The van der Waals surface area contributed by atoms with Crippen molar-refractivity contribution in [2.24, 2.45) is 5.92 Å². The van der Waals surface area contributed by atoms with Gasteiger partial charge < -0.3 is 0 Å². The highest BCUT2D eigenvalue weighted by Crippen LogP contribution is 2.06. The van der Waals surface area contributed by atoms with E-state index in [4.69, 9.17) is 0 Å². The number of rotatable bonds is 2. The Morgan fingerprint density at radius 1 is 1.50 bits per heavy atom. The lowest BCUT2D eigenvalue weighted by Crippen LogP contribution is -1.86. The summed E-state index contributed by atoms with van der Waals surface area (Å²) in [5.74, 6) is 0.660. The highest BCUT2D eigenvalue weighted by molar-refractivity contribution is 5.09. The molecule has 0 amide bonds. The molecular weight excluding hydrogens is 96.1 g/mol. The SMILES string of the molecule is C=CC=C(C)C(C)C. The quantitative estimate of drug-likeness (QED) is 0.479. The van der Waals surface area contributed by atoms with Gasteiger partial charge in [-0.2, -0.15) is 0 Å². The normalized spacial score (nSPS) is 12.2. The number of hydrogen-bond donors (Lipinski definition) is 0. The molecule has 8 heavy (non-hydrogen) atoms. The van der Waals surface area contributed by atoms with Gasteiger partial charge in [-0.1, -0.05) is 38.2 Å². The first kappa shape index (κ1) is 7.48. The molecule has 0 aliphatic rings. The maximum Gasteiger partial charge on any atom is -0.0260 e. The van der Waals surface area contributed by atoms with Gasteiger partial charge in [-0.15, -0.1) is 0 Å². The summed E-state index contributed by atoms with van der Waals surface area (Å²) in [6.07, 6.45) is 3.88. The summed E-state index contributed by atoms with van der Waals surface area (Å²) in [6.45, 7) is 10.1. The maximum absolute atomic E-state index is 3.61. The first-order chi connectivity index (χ1) is 3.68. The molecule has 0 saturated heterocycles. The Bertz CT molecular complexity index is 96.6. The van der Waals surface area contributed by atoms with E-state index >= 15 is 0 Å². The molecule has 0 spiro atoms. The summed E-state index contributed by atoms with van der Waals surface area (Å²) in [6, 6.07) is 0. The van der Waals surface area contributed by atoms with E-state index in [1.165, 1.54) is 5.57 Å². The first-order valence-corrected chi connectivity index (χ1v) is 2.97. The first-order valence-electron chi connectivity index (χ1n) is 2.97. The van der Waals surface area contributed by atoms with Crippen LogP contribution in [0.25, 0.3) is 0 Å². The van der Waals surface area contributed by atoms with Gasteiger partial charge in [0.15, 0.2) is 0 Å². The Kier molecular flexibility index (Phi) is 3.25. The second-order valence-corrected chi connectivity index (χ2v) is 2.30. The fourth-order valence-electron chi connectivity index (χ4n) is 0.378. The highest BCUT2D eigenvalue weighted by atomic mass is 14.0. The van der Waals surface area contributed by atoms with Crippen LogP contribution < -0.4 is 0 Å². The minimum Gasteiger partial charge on any atom is -0.0991 e. The van der Waals surface area contributed by atoms with Gasteiger partial charge in [-0.25, -0.2) is 0 Å². The molecule has 0 saturated carbocycles. The lowest BCUT2D eigenvalue weighted by atomic mass is 10.1. The van der Waals surface area contributed by atoms with Gasteiger partial charge in [0, 0.05) is 0 Å². The predicted molar refractivity (Wildman–Crippen MR) is 38.8 cm³/mol.